The van der Waals surface area contributed by atoms with Gasteiger partial charge >= 0.3 is 5.97 Å². The summed E-state index contributed by atoms with van der Waals surface area (Å²) in [7, 11) is 2.08. The second-order valence-corrected chi connectivity index (χ2v) is 4.90. The van der Waals surface area contributed by atoms with Gasteiger partial charge in [0.1, 0.15) is 5.76 Å². The Kier molecular flexibility index (Phi) is 4.38. The fourth-order valence-electron chi connectivity index (χ4n) is 2.42. The van der Waals surface area contributed by atoms with Gasteiger partial charge in [-0.15, -0.1) is 0 Å². The Labute approximate surface area is 107 Å². The quantitative estimate of drug-likeness (QED) is 0.855. The van der Waals surface area contributed by atoms with Gasteiger partial charge in [-0.25, -0.2) is 0 Å². The molecule has 1 fully saturated rings. The molecule has 0 bridgehead atoms. The molecule has 0 saturated carbocycles. The van der Waals surface area contributed by atoms with Crippen LogP contribution in [-0.4, -0.2) is 53.6 Å². The molecule has 1 saturated heterocycles. The van der Waals surface area contributed by atoms with Crippen molar-refractivity contribution in [3.05, 3.63) is 24.2 Å². The number of carboxylic acid groups (broad SMARTS) is 1. The predicted octanol–water partition coefficient (Wildman–Crippen LogP) is 1.26. The molecule has 1 aliphatic heterocycles. The molecule has 18 heavy (non-hydrogen) atoms. The molecule has 1 aliphatic rings. The van der Waals surface area contributed by atoms with Gasteiger partial charge in [0.2, 0.25) is 0 Å². The summed E-state index contributed by atoms with van der Waals surface area (Å²) in [5.41, 5.74) is 0. The molecule has 1 atom stereocenters. The SMILES string of the molecule is CN1CCN(Cc2ccco2)C(CCC(=O)O)C1. The molecule has 2 heterocycles. The third-order valence-corrected chi connectivity index (χ3v) is 3.44. The molecule has 5 nitrogen and oxygen atoms in total. The van der Waals surface area contributed by atoms with Crippen molar-refractivity contribution in [1.82, 2.24) is 9.80 Å². The Balaban J connectivity index is 1.94. The largest absolute Gasteiger partial charge is 0.481 e. The number of rotatable bonds is 5. The molecular formula is C13H20N2O3. The highest BCUT2D eigenvalue weighted by atomic mass is 16.4. The van der Waals surface area contributed by atoms with E-state index in [4.69, 9.17) is 9.52 Å². The van der Waals surface area contributed by atoms with E-state index in [0.717, 1.165) is 31.9 Å². The van der Waals surface area contributed by atoms with Crippen molar-refractivity contribution in [1.29, 1.82) is 0 Å². The van der Waals surface area contributed by atoms with Crippen molar-refractivity contribution in [3.63, 3.8) is 0 Å². The maximum Gasteiger partial charge on any atom is 0.303 e. The van der Waals surface area contributed by atoms with Crippen molar-refractivity contribution < 1.29 is 14.3 Å². The first-order valence-corrected chi connectivity index (χ1v) is 6.32. The summed E-state index contributed by atoms with van der Waals surface area (Å²) < 4.78 is 5.37. The number of carbonyl (C=O) groups is 1. The lowest BCUT2D eigenvalue weighted by molar-refractivity contribution is -0.137. The summed E-state index contributed by atoms with van der Waals surface area (Å²) >= 11 is 0. The van der Waals surface area contributed by atoms with Crippen LogP contribution < -0.4 is 0 Å². The smallest absolute Gasteiger partial charge is 0.303 e. The minimum absolute atomic E-state index is 0.229. The first-order chi connectivity index (χ1) is 8.65. The normalized spacial score (nSPS) is 22.2. The van der Waals surface area contributed by atoms with E-state index in [1.54, 1.807) is 6.26 Å². The standard InChI is InChI=1S/C13H20N2O3/c1-14-6-7-15(10-12-3-2-8-18-12)11(9-14)4-5-13(16)17/h2-3,8,11H,4-7,9-10H2,1H3,(H,16,17). The minimum Gasteiger partial charge on any atom is -0.481 e. The van der Waals surface area contributed by atoms with Crippen LogP contribution in [0.15, 0.2) is 22.8 Å². The van der Waals surface area contributed by atoms with Crippen LogP contribution in [0.4, 0.5) is 0 Å². The average molecular weight is 252 g/mol. The molecule has 1 N–H and O–H groups in total. The van der Waals surface area contributed by atoms with Gasteiger partial charge in [0.05, 0.1) is 12.8 Å². The summed E-state index contributed by atoms with van der Waals surface area (Å²) in [6.07, 6.45) is 2.60. The molecular weight excluding hydrogens is 232 g/mol. The van der Waals surface area contributed by atoms with E-state index < -0.39 is 5.97 Å². The van der Waals surface area contributed by atoms with Crippen LogP contribution >= 0.6 is 0 Å². The number of piperazine rings is 1. The Morgan fingerprint density at radius 2 is 2.39 bits per heavy atom. The van der Waals surface area contributed by atoms with E-state index in [9.17, 15) is 4.79 Å². The summed E-state index contributed by atoms with van der Waals surface area (Å²) in [5, 5.41) is 8.80. The zero-order valence-electron chi connectivity index (χ0n) is 10.7. The Morgan fingerprint density at radius 1 is 1.56 bits per heavy atom. The molecule has 100 valence electrons. The van der Waals surface area contributed by atoms with E-state index in [1.807, 2.05) is 12.1 Å². The minimum atomic E-state index is -0.721. The number of aliphatic carboxylic acids is 1. The molecule has 2 rings (SSSR count). The van der Waals surface area contributed by atoms with E-state index in [1.165, 1.54) is 0 Å². The summed E-state index contributed by atoms with van der Waals surface area (Å²) in [6.45, 7) is 3.67. The number of hydrogen-bond acceptors (Lipinski definition) is 4. The Hall–Kier alpha value is -1.33. The number of likely N-dealkylation sites (N-methyl/N-ethyl adjacent to an activating group) is 1. The van der Waals surface area contributed by atoms with E-state index >= 15 is 0 Å². The van der Waals surface area contributed by atoms with E-state index in [-0.39, 0.29) is 6.42 Å². The fraction of sp³-hybridized carbons (Fsp3) is 0.615. The topological polar surface area (TPSA) is 56.9 Å². The van der Waals surface area contributed by atoms with Gasteiger partial charge in [-0.3, -0.25) is 9.69 Å². The lowest BCUT2D eigenvalue weighted by Crippen LogP contribution is -2.51. The summed E-state index contributed by atoms with van der Waals surface area (Å²) in [5.74, 6) is 0.223. The van der Waals surface area contributed by atoms with Crippen LogP contribution in [0.2, 0.25) is 0 Å². The van der Waals surface area contributed by atoms with E-state index in [2.05, 4.69) is 16.8 Å². The number of nitrogens with zero attached hydrogens (tertiary/aromatic N) is 2. The molecule has 0 amide bonds. The average Bonchev–Trinajstić information content (AvgIpc) is 2.82. The van der Waals surface area contributed by atoms with Gasteiger partial charge in [-0.05, 0) is 25.6 Å². The summed E-state index contributed by atoms with van der Waals surface area (Å²) in [6, 6.07) is 4.15. The Bertz CT molecular complexity index is 378. The van der Waals surface area contributed by atoms with Crippen molar-refractivity contribution in [2.45, 2.75) is 25.4 Å². The second kappa shape index (κ2) is 6.02. The molecule has 1 aromatic heterocycles. The summed E-state index contributed by atoms with van der Waals surface area (Å²) in [4.78, 5) is 15.3. The fourth-order valence-corrected chi connectivity index (χ4v) is 2.42. The zero-order valence-corrected chi connectivity index (χ0v) is 10.7. The number of furan rings is 1. The van der Waals surface area contributed by atoms with Crippen LogP contribution in [-0.2, 0) is 11.3 Å². The number of hydrogen-bond donors (Lipinski definition) is 1. The molecule has 1 aromatic rings. The van der Waals surface area contributed by atoms with Gasteiger partial charge in [0.15, 0.2) is 0 Å². The number of carboxylic acids is 1. The lowest BCUT2D eigenvalue weighted by atomic mass is 10.1. The molecule has 0 aliphatic carbocycles. The van der Waals surface area contributed by atoms with Crippen LogP contribution in [0.1, 0.15) is 18.6 Å². The van der Waals surface area contributed by atoms with Crippen LogP contribution in [0.25, 0.3) is 0 Å². The molecule has 5 heteroatoms. The maximum atomic E-state index is 10.7. The molecule has 0 radical (unpaired) electrons. The van der Waals surface area contributed by atoms with Gasteiger partial charge in [0.25, 0.3) is 0 Å². The van der Waals surface area contributed by atoms with Gasteiger partial charge in [-0.1, -0.05) is 0 Å². The highest BCUT2D eigenvalue weighted by molar-refractivity contribution is 5.66. The second-order valence-electron chi connectivity index (χ2n) is 4.90. The molecule has 0 aromatic carbocycles. The van der Waals surface area contributed by atoms with Crippen LogP contribution in [0.5, 0.6) is 0 Å². The third kappa shape index (κ3) is 3.58. The first-order valence-electron chi connectivity index (χ1n) is 6.32. The van der Waals surface area contributed by atoms with Crippen molar-refractivity contribution in [3.8, 4) is 0 Å². The highest BCUT2D eigenvalue weighted by Gasteiger charge is 2.26. The third-order valence-electron chi connectivity index (χ3n) is 3.44. The van der Waals surface area contributed by atoms with Crippen molar-refractivity contribution in [2.75, 3.05) is 26.7 Å². The maximum absolute atomic E-state index is 10.7. The van der Waals surface area contributed by atoms with Crippen molar-refractivity contribution >= 4 is 5.97 Å². The molecule has 1 unspecified atom stereocenters. The van der Waals surface area contributed by atoms with Crippen LogP contribution in [0, 0.1) is 0 Å². The van der Waals surface area contributed by atoms with Crippen LogP contribution in [0.3, 0.4) is 0 Å². The van der Waals surface area contributed by atoms with Gasteiger partial charge in [0, 0.05) is 32.1 Å². The lowest BCUT2D eigenvalue weighted by Gasteiger charge is -2.39. The van der Waals surface area contributed by atoms with Gasteiger partial charge in [-0.2, -0.15) is 0 Å². The van der Waals surface area contributed by atoms with Crippen molar-refractivity contribution in [2.24, 2.45) is 0 Å². The highest BCUT2D eigenvalue weighted by Crippen LogP contribution is 2.17. The van der Waals surface area contributed by atoms with Gasteiger partial charge < -0.3 is 14.4 Å². The predicted molar refractivity (Wildman–Crippen MR) is 67.3 cm³/mol. The zero-order chi connectivity index (χ0) is 13.0. The van der Waals surface area contributed by atoms with E-state index in [0.29, 0.717) is 12.5 Å². The monoisotopic (exact) mass is 252 g/mol. The first kappa shape index (κ1) is 13.1. The Morgan fingerprint density at radius 3 is 3.06 bits per heavy atom. The molecule has 0 spiro atoms.